The molecule has 0 amide bonds. The number of carbonyl (C=O) groups is 1. The molecule has 2 rings (SSSR count). The van der Waals surface area contributed by atoms with Gasteiger partial charge < -0.3 is 5.11 Å². The molecule has 0 atom stereocenters. The fourth-order valence-electron chi connectivity index (χ4n) is 2.52. The van der Waals surface area contributed by atoms with Gasteiger partial charge in [-0.05, 0) is 42.6 Å². The summed E-state index contributed by atoms with van der Waals surface area (Å²) in [5.41, 5.74) is 2.91. The van der Waals surface area contributed by atoms with Crippen LogP contribution < -0.4 is 0 Å². The lowest BCUT2D eigenvalue weighted by molar-refractivity contribution is 0.0696. The van der Waals surface area contributed by atoms with Gasteiger partial charge in [0.2, 0.25) is 0 Å². The standard InChI is InChI=1S/C15H21NO2/c1-2-3-4-8-16-9-7-12-5-6-13(15(17)18)10-14(12)11-16/h5-6,10H,2-4,7-9,11H2,1H3,(H,17,18). The first-order valence-corrected chi connectivity index (χ1v) is 6.78. The maximum atomic E-state index is 11.0. The van der Waals surface area contributed by atoms with Gasteiger partial charge in [-0.2, -0.15) is 0 Å². The van der Waals surface area contributed by atoms with Gasteiger partial charge in [-0.1, -0.05) is 25.8 Å². The first-order chi connectivity index (χ1) is 8.70. The Kier molecular flexibility index (Phi) is 4.37. The molecule has 0 aliphatic carbocycles. The van der Waals surface area contributed by atoms with Gasteiger partial charge in [0.15, 0.2) is 0 Å². The molecule has 0 aromatic heterocycles. The van der Waals surface area contributed by atoms with E-state index in [-0.39, 0.29) is 0 Å². The monoisotopic (exact) mass is 247 g/mol. The molecule has 98 valence electrons. The number of nitrogens with zero attached hydrogens (tertiary/aromatic N) is 1. The van der Waals surface area contributed by atoms with E-state index in [2.05, 4.69) is 11.8 Å². The Morgan fingerprint density at radius 2 is 2.17 bits per heavy atom. The Morgan fingerprint density at radius 3 is 2.89 bits per heavy atom. The zero-order valence-corrected chi connectivity index (χ0v) is 11.0. The highest BCUT2D eigenvalue weighted by Crippen LogP contribution is 2.20. The number of aromatic carboxylic acids is 1. The minimum Gasteiger partial charge on any atom is -0.478 e. The SMILES string of the molecule is CCCCCN1CCc2ccc(C(=O)O)cc2C1. The quantitative estimate of drug-likeness (QED) is 0.813. The molecule has 0 fully saturated rings. The van der Waals surface area contributed by atoms with E-state index in [4.69, 9.17) is 5.11 Å². The van der Waals surface area contributed by atoms with Crippen molar-refractivity contribution in [3.05, 3.63) is 34.9 Å². The van der Waals surface area contributed by atoms with Gasteiger partial charge in [-0.15, -0.1) is 0 Å². The molecule has 0 radical (unpaired) electrons. The van der Waals surface area contributed by atoms with E-state index in [1.807, 2.05) is 12.1 Å². The van der Waals surface area contributed by atoms with E-state index in [1.165, 1.54) is 30.4 Å². The summed E-state index contributed by atoms with van der Waals surface area (Å²) in [7, 11) is 0. The highest BCUT2D eigenvalue weighted by atomic mass is 16.4. The number of fused-ring (bicyclic) bond motifs is 1. The summed E-state index contributed by atoms with van der Waals surface area (Å²) in [5.74, 6) is -0.832. The van der Waals surface area contributed by atoms with E-state index in [9.17, 15) is 4.79 Å². The topological polar surface area (TPSA) is 40.5 Å². The van der Waals surface area contributed by atoms with Gasteiger partial charge in [0.1, 0.15) is 0 Å². The summed E-state index contributed by atoms with van der Waals surface area (Å²) < 4.78 is 0. The second-order valence-corrected chi connectivity index (χ2v) is 5.02. The van der Waals surface area contributed by atoms with Crippen LogP contribution in [0.25, 0.3) is 0 Å². The summed E-state index contributed by atoms with van der Waals surface area (Å²) in [6.07, 6.45) is 4.80. The Bertz CT molecular complexity index is 429. The zero-order valence-electron chi connectivity index (χ0n) is 11.0. The third-order valence-corrected chi connectivity index (χ3v) is 3.62. The average Bonchev–Trinajstić information content (AvgIpc) is 2.38. The van der Waals surface area contributed by atoms with Crippen LogP contribution in [-0.4, -0.2) is 29.1 Å². The highest BCUT2D eigenvalue weighted by molar-refractivity contribution is 5.87. The molecule has 18 heavy (non-hydrogen) atoms. The van der Waals surface area contributed by atoms with E-state index in [0.29, 0.717) is 5.56 Å². The number of carboxylic acids is 1. The lowest BCUT2D eigenvalue weighted by Crippen LogP contribution is -2.31. The number of hydrogen-bond donors (Lipinski definition) is 1. The van der Waals surface area contributed by atoms with E-state index >= 15 is 0 Å². The first kappa shape index (κ1) is 13.1. The number of hydrogen-bond acceptors (Lipinski definition) is 2. The number of benzene rings is 1. The van der Waals surface area contributed by atoms with Crippen molar-refractivity contribution in [3.8, 4) is 0 Å². The molecule has 3 nitrogen and oxygen atoms in total. The van der Waals surface area contributed by atoms with Crippen molar-refractivity contribution < 1.29 is 9.90 Å². The summed E-state index contributed by atoms with van der Waals surface area (Å²) in [5, 5.41) is 9.01. The van der Waals surface area contributed by atoms with Crippen LogP contribution in [0.2, 0.25) is 0 Å². The molecule has 1 aliphatic rings. The van der Waals surface area contributed by atoms with Crippen LogP contribution in [0.3, 0.4) is 0 Å². The summed E-state index contributed by atoms with van der Waals surface area (Å²) >= 11 is 0. The van der Waals surface area contributed by atoms with E-state index < -0.39 is 5.97 Å². The summed E-state index contributed by atoms with van der Waals surface area (Å²) in [6, 6.07) is 5.53. The van der Waals surface area contributed by atoms with Crippen molar-refractivity contribution in [1.29, 1.82) is 0 Å². The van der Waals surface area contributed by atoms with Crippen molar-refractivity contribution in [3.63, 3.8) is 0 Å². The number of carboxylic acid groups (broad SMARTS) is 1. The minimum atomic E-state index is -0.832. The van der Waals surface area contributed by atoms with E-state index in [0.717, 1.165) is 26.1 Å². The Morgan fingerprint density at radius 1 is 1.33 bits per heavy atom. The highest BCUT2D eigenvalue weighted by Gasteiger charge is 2.17. The van der Waals surface area contributed by atoms with Gasteiger partial charge in [-0.3, -0.25) is 4.90 Å². The van der Waals surface area contributed by atoms with Gasteiger partial charge in [0.25, 0.3) is 0 Å². The molecule has 1 N–H and O–H groups in total. The average molecular weight is 247 g/mol. The molecule has 1 aliphatic heterocycles. The molecule has 0 saturated carbocycles. The van der Waals surface area contributed by atoms with Crippen LogP contribution in [0.4, 0.5) is 0 Å². The second kappa shape index (κ2) is 6.01. The van der Waals surface area contributed by atoms with Crippen LogP contribution in [0, 0.1) is 0 Å². The van der Waals surface area contributed by atoms with Crippen LogP contribution in [-0.2, 0) is 13.0 Å². The number of unbranched alkanes of at least 4 members (excludes halogenated alkanes) is 2. The molecule has 3 heteroatoms. The summed E-state index contributed by atoms with van der Waals surface area (Å²) in [6.45, 7) is 5.35. The predicted octanol–water partition coefficient (Wildman–Crippen LogP) is 2.93. The molecule has 0 spiro atoms. The molecule has 1 aromatic carbocycles. The van der Waals surface area contributed by atoms with Crippen molar-refractivity contribution in [2.45, 2.75) is 39.2 Å². The predicted molar refractivity (Wildman–Crippen MR) is 71.9 cm³/mol. The van der Waals surface area contributed by atoms with Crippen molar-refractivity contribution in [2.24, 2.45) is 0 Å². The number of rotatable bonds is 5. The Balaban J connectivity index is 2.02. The molecular weight excluding hydrogens is 226 g/mol. The molecule has 0 unspecified atom stereocenters. The second-order valence-electron chi connectivity index (χ2n) is 5.02. The fraction of sp³-hybridized carbons (Fsp3) is 0.533. The molecule has 0 bridgehead atoms. The van der Waals surface area contributed by atoms with Crippen LogP contribution in [0.5, 0.6) is 0 Å². The van der Waals surface area contributed by atoms with Crippen LogP contribution in [0.15, 0.2) is 18.2 Å². The van der Waals surface area contributed by atoms with Crippen molar-refractivity contribution >= 4 is 5.97 Å². The van der Waals surface area contributed by atoms with Crippen molar-refractivity contribution in [1.82, 2.24) is 4.90 Å². The first-order valence-electron chi connectivity index (χ1n) is 6.78. The Hall–Kier alpha value is -1.35. The van der Waals surface area contributed by atoms with Crippen LogP contribution >= 0.6 is 0 Å². The fourth-order valence-corrected chi connectivity index (χ4v) is 2.52. The maximum Gasteiger partial charge on any atom is 0.335 e. The van der Waals surface area contributed by atoms with Gasteiger partial charge in [-0.25, -0.2) is 4.79 Å². The van der Waals surface area contributed by atoms with Gasteiger partial charge in [0.05, 0.1) is 5.56 Å². The third-order valence-electron chi connectivity index (χ3n) is 3.62. The lowest BCUT2D eigenvalue weighted by Gasteiger charge is -2.28. The molecule has 1 aromatic rings. The summed E-state index contributed by atoms with van der Waals surface area (Å²) in [4.78, 5) is 13.4. The molecule has 1 heterocycles. The Labute approximate surface area is 108 Å². The third kappa shape index (κ3) is 3.10. The van der Waals surface area contributed by atoms with Crippen molar-refractivity contribution in [2.75, 3.05) is 13.1 Å². The van der Waals surface area contributed by atoms with Crippen LogP contribution in [0.1, 0.15) is 47.7 Å². The van der Waals surface area contributed by atoms with Gasteiger partial charge >= 0.3 is 5.97 Å². The zero-order chi connectivity index (χ0) is 13.0. The smallest absolute Gasteiger partial charge is 0.335 e. The van der Waals surface area contributed by atoms with Gasteiger partial charge in [0, 0.05) is 13.1 Å². The molecule has 0 saturated heterocycles. The lowest BCUT2D eigenvalue weighted by atomic mass is 9.97. The maximum absolute atomic E-state index is 11.0. The minimum absolute atomic E-state index is 0.407. The normalized spacial score (nSPS) is 15.4. The molecular formula is C15H21NO2. The largest absolute Gasteiger partial charge is 0.478 e. The van der Waals surface area contributed by atoms with E-state index in [1.54, 1.807) is 6.07 Å².